The third-order valence-electron chi connectivity index (χ3n) is 2.00. The Hall–Kier alpha value is -1.24. The number of aliphatic hydroxyl groups is 2. The van der Waals surface area contributed by atoms with E-state index in [2.05, 4.69) is 4.98 Å². The summed E-state index contributed by atoms with van der Waals surface area (Å²) in [4.78, 5) is 4.21. The molecule has 86 valence electrons. The first-order valence-electron chi connectivity index (χ1n) is 4.77. The maximum atomic E-state index is 9.18. The van der Waals surface area contributed by atoms with Gasteiger partial charge in [0.1, 0.15) is 5.52 Å². The van der Waals surface area contributed by atoms with Crippen LogP contribution in [0.4, 0.5) is 5.69 Å². The number of hydrogen-bond acceptors (Lipinski definition) is 6. The number of fused-ring (bicyclic) bond motifs is 1. The summed E-state index contributed by atoms with van der Waals surface area (Å²) in [5.74, 6) is 0.346. The van der Waals surface area contributed by atoms with Crippen LogP contribution >= 0.6 is 11.8 Å². The minimum absolute atomic E-state index is 0.264. The van der Waals surface area contributed by atoms with Crippen LogP contribution in [-0.2, 0) is 0 Å². The number of aromatic nitrogens is 1. The fourth-order valence-corrected chi connectivity index (χ4v) is 1.95. The minimum atomic E-state index is -0.759. The highest BCUT2D eigenvalue weighted by atomic mass is 32.2. The molecule has 4 N–H and O–H groups in total. The third-order valence-corrected chi connectivity index (χ3v) is 2.98. The van der Waals surface area contributed by atoms with E-state index in [1.54, 1.807) is 18.2 Å². The topological polar surface area (TPSA) is 92.5 Å². The number of nitrogens with zero attached hydrogens (tertiary/aromatic N) is 1. The Morgan fingerprint density at radius 3 is 3.06 bits per heavy atom. The molecule has 0 spiro atoms. The van der Waals surface area contributed by atoms with Crippen molar-refractivity contribution in [3.05, 3.63) is 18.2 Å². The number of hydrogen-bond donors (Lipinski definition) is 3. The smallest absolute Gasteiger partial charge is 0.256 e. The van der Waals surface area contributed by atoms with Gasteiger partial charge in [0.05, 0.1) is 12.7 Å². The Balaban J connectivity index is 2.13. The molecule has 16 heavy (non-hydrogen) atoms. The molecule has 1 aromatic heterocycles. The van der Waals surface area contributed by atoms with E-state index in [1.807, 2.05) is 0 Å². The van der Waals surface area contributed by atoms with Crippen LogP contribution in [0.5, 0.6) is 0 Å². The number of thioether (sulfide) groups is 1. The van der Waals surface area contributed by atoms with Gasteiger partial charge in [0.25, 0.3) is 5.22 Å². The Morgan fingerprint density at radius 1 is 1.50 bits per heavy atom. The van der Waals surface area contributed by atoms with Gasteiger partial charge in [-0.1, -0.05) is 11.8 Å². The van der Waals surface area contributed by atoms with Crippen molar-refractivity contribution >= 4 is 28.5 Å². The molecule has 0 radical (unpaired) electrons. The van der Waals surface area contributed by atoms with Gasteiger partial charge in [0.15, 0.2) is 5.58 Å². The quantitative estimate of drug-likeness (QED) is 0.542. The number of oxazole rings is 1. The van der Waals surface area contributed by atoms with Gasteiger partial charge in [0.2, 0.25) is 0 Å². The monoisotopic (exact) mass is 240 g/mol. The maximum absolute atomic E-state index is 9.18. The largest absolute Gasteiger partial charge is 0.431 e. The highest BCUT2D eigenvalue weighted by Gasteiger charge is 2.09. The van der Waals surface area contributed by atoms with Crippen LogP contribution in [0, 0.1) is 0 Å². The van der Waals surface area contributed by atoms with E-state index < -0.39 is 6.10 Å². The third kappa shape index (κ3) is 2.46. The zero-order chi connectivity index (χ0) is 11.5. The number of aliphatic hydroxyl groups excluding tert-OH is 2. The van der Waals surface area contributed by atoms with Crippen LogP contribution in [0.15, 0.2) is 27.8 Å². The lowest BCUT2D eigenvalue weighted by Crippen LogP contribution is -2.14. The summed E-state index contributed by atoms with van der Waals surface area (Å²) in [6, 6.07) is 5.23. The SMILES string of the molecule is Nc1ccc2nc(SCC(O)CO)oc2c1. The summed E-state index contributed by atoms with van der Waals surface area (Å²) in [6.45, 7) is -0.264. The Morgan fingerprint density at radius 2 is 2.31 bits per heavy atom. The molecule has 0 aliphatic carbocycles. The van der Waals surface area contributed by atoms with Crippen LogP contribution in [-0.4, -0.2) is 33.7 Å². The zero-order valence-corrected chi connectivity index (χ0v) is 9.28. The number of benzene rings is 1. The molecule has 0 amide bonds. The molecule has 1 aromatic carbocycles. The molecule has 2 aromatic rings. The summed E-state index contributed by atoms with van der Waals surface area (Å²) in [5, 5.41) is 18.3. The Kier molecular flexibility index (Phi) is 3.33. The predicted octanol–water partition coefficient (Wildman–Crippen LogP) is 0.855. The van der Waals surface area contributed by atoms with Crippen molar-refractivity contribution in [1.29, 1.82) is 0 Å². The van der Waals surface area contributed by atoms with Crippen LogP contribution in [0.3, 0.4) is 0 Å². The molecular weight excluding hydrogens is 228 g/mol. The normalized spacial score (nSPS) is 13.1. The van der Waals surface area contributed by atoms with Crippen molar-refractivity contribution < 1.29 is 14.6 Å². The van der Waals surface area contributed by atoms with E-state index in [-0.39, 0.29) is 6.61 Å². The van der Waals surface area contributed by atoms with Crippen LogP contribution in [0.1, 0.15) is 0 Å². The van der Waals surface area contributed by atoms with Crippen LogP contribution in [0.25, 0.3) is 11.1 Å². The van der Waals surface area contributed by atoms with E-state index in [0.717, 1.165) is 5.52 Å². The standard InChI is InChI=1S/C10H12N2O3S/c11-6-1-2-8-9(3-6)15-10(12-8)16-5-7(14)4-13/h1-3,7,13-14H,4-5,11H2. The molecule has 0 aliphatic heterocycles. The van der Waals surface area contributed by atoms with Gasteiger partial charge < -0.3 is 20.4 Å². The summed E-state index contributed by atoms with van der Waals surface area (Å²) < 4.78 is 5.42. The molecule has 0 saturated heterocycles. The van der Waals surface area contributed by atoms with E-state index in [4.69, 9.17) is 15.3 Å². The van der Waals surface area contributed by atoms with Crippen LogP contribution < -0.4 is 5.73 Å². The maximum Gasteiger partial charge on any atom is 0.256 e. The van der Waals surface area contributed by atoms with Crippen molar-refractivity contribution in [2.24, 2.45) is 0 Å². The van der Waals surface area contributed by atoms with Crippen molar-refractivity contribution in [1.82, 2.24) is 4.98 Å². The highest BCUT2D eigenvalue weighted by Crippen LogP contribution is 2.25. The van der Waals surface area contributed by atoms with Crippen LogP contribution in [0.2, 0.25) is 0 Å². The van der Waals surface area contributed by atoms with E-state index in [1.165, 1.54) is 11.8 Å². The molecule has 6 heteroatoms. The van der Waals surface area contributed by atoms with E-state index in [0.29, 0.717) is 22.2 Å². The lowest BCUT2D eigenvalue weighted by molar-refractivity contribution is 0.113. The van der Waals surface area contributed by atoms with Gasteiger partial charge >= 0.3 is 0 Å². The van der Waals surface area contributed by atoms with Gasteiger partial charge in [-0.15, -0.1) is 0 Å². The number of rotatable bonds is 4. The average molecular weight is 240 g/mol. The number of nitrogen functional groups attached to an aromatic ring is 1. The zero-order valence-electron chi connectivity index (χ0n) is 8.46. The second-order valence-electron chi connectivity index (χ2n) is 3.35. The van der Waals surface area contributed by atoms with Gasteiger partial charge in [-0.2, -0.15) is 0 Å². The Bertz CT molecular complexity index is 486. The minimum Gasteiger partial charge on any atom is -0.431 e. The first kappa shape index (κ1) is 11.3. The second-order valence-corrected chi connectivity index (χ2v) is 4.33. The lowest BCUT2D eigenvalue weighted by atomic mass is 10.3. The lowest BCUT2D eigenvalue weighted by Gasteiger charge is -2.02. The fourth-order valence-electron chi connectivity index (χ4n) is 1.20. The average Bonchev–Trinajstić information content (AvgIpc) is 2.67. The van der Waals surface area contributed by atoms with Gasteiger partial charge in [-0.05, 0) is 12.1 Å². The van der Waals surface area contributed by atoms with Crippen molar-refractivity contribution in [3.8, 4) is 0 Å². The molecule has 0 bridgehead atoms. The fraction of sp³-hybridized carbons (Fsp3) is 0.300. The summed E-state index contributed by atoms with van der Waals surface area (Å²) in [5.41, 5.74) is 7.59. The molecule has 5 nitrogen and oxygen atoms in total. The molecule has 1 unspecified atom stereocenters. The predicted molar refractivity (Wildman–Crippen MR) is 62.2 cm³/mol. The first-order valence-corrected chi connectivity index (χ1v) is 5.75. The van der Waals surface area contributed by atoms with E-state index >= 15 is 0 Å². The highest BCUT2D eigenvalue weighted by molar-refractivity contribution is 7.99. The molecular formula is C10H12N2O3S. The van der Waals surface area contributed by atoms with Gasteiger partial charge in [-0.25, -0.2) is 4.98 Å². The number of nitrogens with two attached hydrogens (primary N) is 1. The molecule has 0 aliphatic rings. The van der Waals surface area contributed by atoms with Crippen molar-refractivity contribution in [2.75, 3.05) is 18.1 Å². The van der Waals surface area contributed by atoms with E-state index in [9.17, 15) is 5.11 Å². The second kappa shape index (κ2) is 4.73. The Labute approximate surface area is 96.3 Å². The van der Waals surface area contributed by atoms with Crippen molar-refractivity contribution in [2.45, 2.75) is 11.3 Å². The van der Waals surface area contributed by atoms with Crippen molar-refractivity contribution in [3.63, 3.8) is 0 Å². The van der Waals surface area contributed by atoms with Gasteiger partial charge in [-0.3, -0.25) is 0 Å². The molecule has 2 rings (SSSR count). The van der Waals surface area contributed by atoms with Gasteiger partial charge in [0, 0.05) is 17.5 Å². The summed E-state index contributed by atoms with van der Waals surface area (Å²) >= 11 is 1.26. The summed E-state index contributed by atoms with van der Waals surface area (Å²) in [7, 11) is 0. The first-order chi connectivity index (χ1) is 7.69. The molecule has 0 saturated carbocycles. The molecule has 1 atom stereocenters. The summed E-state index contributed by atoms with van der Waals surface area (Å²) in [6.07, 6.45) is -0.759. The molecule has 0 fully saturated rings. The molecule has 1 heterocycles. The number of anilines is 1.